The molecule has 0 atom stereocenters. The molecule has 0 aromatic heterocycles. The molecular formula is C13H15O. The first-order valence-corrected chi connectivity index (χ1v) is 4.50. The zero-order valence-corrected chi connectivity index (χ0v) is 8.71. The Balaban J connectivity index is 3.28. The van der Waals surface area contributed by atoms with E-state index in [4.69, 9.17) is 4.74 Å². The summed E-state index contributed by atoms with van der Waals surface area (Å²) < 4.78 is 5.25. The maximum absolute atomic E-state index is 5.25. The molecule has 1 aromatic carbocycles. The lowest BCUT2D eigenvalue weighted by Crippen LogP contribution is -1.96. The van der Waals surface area contributed by atoms with Gasteiger partial charge >= 0.3 is 0 Å². The molecule has 0 spiro atoms. The molecule has 0 saturated carbocycles. The first-order valence-electron chi connectivity index (χ1n) is 4.50. The largest absolute Gasteiger partial charge is 0.496 e. The molecule has 1 rings (SSSR count). The lowest BCUT2D eigenvalue weighted by atomic mass is 9.95. The van der Waals surface area contributed by atoms with Crippen LogP contribution in [-0.2, 0) is 0 Å². The molecule has 0 aliphatic rings. The lowest BCUT2D eigenvalue weighted by molar-refractivity contribution is 0.413. The summed E-state index contributed by atoms with van der Waals surface area (Å²) in [6.45, 7) is 9.57. The van der Waals surface area contributed by atoms with Gasteiger partial charge in [-0.15, -0.1) is 6.58 Å². The zero-order chi connectivity index (χ0) is 10.6. The highest BCUT2D eigenvalue weighted by Gasteiger charge is 2.09. The number of rotatable bonds is 4. The van der Waals surface area contributed by atoms with E-state index in [2.05, 4.69) is 13.2 Å². The molecule has 0 aliphatic carbocycles. The number of hydrogen-bond acceptors (Lipinski definition) is 1. The summed E-state index contributed by atoms with van der Waals surface area (Å²) in [5.41, 5.74) is 2.14. The Morgan fingerprint density at radius 2 is 2.07 bits per heavy atom. The van der Waals surface area contributed by atoms with E-state index in [9.17, 15) is 0 Å². The van der Waals surface area contributed by atoms with E-state index >= 15 is 0 Å². The van der Waals surface area contributed by atoms with Gasteiger partial charge in [0.1, 0.15) is 5.75 Å². The Kier molecular flexibility index (Phi) is 3.52. The number of methoxy groups -OCH3 is 1. The van der Waals surface area contributed by atoms with Gasteiger partial charge in [0.15, 0.2) is 0 Å². The summed E-state index contributed by atoms with van der Waals surface area (Å²) in [6.07, 6.45) is 3.64. The highest BCUT2D eigenvalue weighted by Crippen LogP contribution is 2.28. The van der Waals surface area contributed by atoms with Gasteiger partial charge in [0.05, 0.1) is 7.11 Å². The molecule has 0 aliphatic heterocycles. The quantitative estimate of drug-likeness (QED) is 0.701. The van der Waals surface area contributed by atoms with E-state index in [1.54, 1.807) is 13.2 Å². The SMILES string of the molecule is C=C[C](C)c1cccc(OC)c1C=C. The minimum absolute atomic E-state index is 0.846. The van der Waals surface area contributed by atoms with Gasteiger partial charge in [-0.1, -0.05) is 37.8 Å². The lowest BCUT2D eigenvalue weighted by Gasteiger charge is -2.13. The van der Waals surface area contributed by atoms with E-state index < -0.39 is 0 Å². The third kappa shape index (κ3) is 1.87. The van der Waals surface area contributed by atoms with Crippen LogP contribution in [-0.4, -0.2) is 7.11 Å². The predicted octanol–water partition coefficient (Wildman–Crippen LogP) is 3.47. The molecule has 0 fully saturated rings. The molecule has 14 heavy (non-hydrogen) atoms. The Labute approximate surface area is 85.7 Å². The summed E-state index contributed by atoms with van der Waals surface area (Å²) in [5, 5.41) is 0. The van der Waals surface area contributed by atoms with Crippen LogP contribution < -0.4 is 4.74 Å². The number of allylic oxidation sites excluding steroid dienone is 1. The van der Waals surface area contributed by atoms with Crippen molar-refractivity contribution < 1.29 is 4.74 Å². The summed E-state index contributed by atoms with van der Waals surface area (Å²) in [4.78, 5) is 0. The maximum Gasteiger partial charge on any atom is 0.126 e. The molecule has 1 nitrogen and oxygen atoms in total. The molecule has 0 heterocycles. The van der Waals surface area contributed by atoms with Gasteiger partial charge in [-0.05, 0) is 11.6 Å². The summed E-state index contributed by atoms with van der Waals surface area (Å²) in [7, 11) is 1.66. The van der Waals surface area contributed by atoms with E-state index in [1.165, 1.54) is 0 Å². The van der Waals surface area contributed by atoms with Crippen LogP contribution in [0.1, 0.15) is 18.1 Å². The summed E-state index contributed by atoms with van der Waals surface area (Å²) >= 11 is 0. The van der Waals surface area contributed by atoms with Crippen molar-refractivity contribution in [1.29, 1.82) is 0 Å². The Bertz CT molecular complexity index is 339. The molecule has 0 saturated heterocycles. The molecule has 0 N–H and O–H groups in total. The van der Waals surface area contributed by atoms with E-state index in [1.807, 2.05) is 31.2 Å². The fraction of sp³-hybridized carbons (Fsp3) is 0.154. The summed E-state index contributed by atoms with van der Waals surface area (Å²) in [5.74, 6) is 1.97. The van der Waals surface area contributed by atoms with Crippen molar-refractivity contribution >= 4 is 6.08 Å². The molecule has 0 unspecified atom stereocenters. The first kappa shape index (κ1) is 10.6. The van der Waals surface area contributed by atoms with Crippen molar-refractivity contribution in [3.05, 3.63) is 54.5 Å². The maximum atomic E-state index is 5.25. The minimum Gasteiger partial charge on any atom is -0.496 e. The molecule has 1 aromatic rings. The van der Waals surface area contributed by atoms with Gasteiger partial charge in [-0.3, -0.25) is 0 Å². The fourth-order valence-corrected chi connectivity index (χ4v) is 1.39. The smallest absolute Gasteiger partial charge is 0.126 e. The van der Waals surface area contributed by atoms with E-state index in [0.717, 1.165) is 22.8 Å². The van der Waals surface area contributed by atoms with Gasteiger partial charge < -0.3 is 4.74 Å². The monoisotopic (exact) mass is 187 g/mol. The molecule has 0 amide bonds. The van der Waals surface area contributed by atoms with Gasteiger partial charge in [-0.2, -0.15) is 0 Å². The average molecular weight is 187 g/mol. The van der Waals surface area contributed by atoms with Crippen LogP contribution in [0.5, 0.6) is 5.75 Å². The number of hydrogen-bond donors (Lipinski definition) is 0. The minimum atomic E-state index is 0.846. The second-order valence-electron chi connectivity index (χ2n) is 3.01. The molecule has 1 radical (unpaired) electrons. The van der Waals surface area contributed by atoms with Crippen molar-refractivity contribution in [3.63, 3.8) is 0 Å². The van der Waals surface area contributed by atoms with Crippen molar-refractivity contribution in [1.82, 2.24) is 0 Å². The highest BCUT2D eigenvalue weighted by atomic mass is 16.5. The van der Waals surface area contributed by atoms with Crippen LogP contribution in [0, 0.1) is 5.92 Å². The third-order valence-corrected chi connectivity index (χ3v) is 2.22. The van der Waals surface area contributed by atoms with Crippen molar-refractivity contribution in [3.8, 4) is 5.75 Å². The molecular weight excluding hydrogens is 172 g/mol. The van der Waals surface area contributed by atoms with Crippen molar-refractivity contribution in [2.24, 2.45) is 0 Å². The highest BCUT2D eigenvalue weighted by molar-refractivity contribution is 5.64. The van der Waals surface area contributed by atoms with Crippen LogP contribution in [0.3, 0.4) is 0 Å². The van der Waals surface area contributed by atoms with Crippen LogP contribution >= 0.6 is 0 Å². The van der Waals surface area contributed by atoms with Crippen LogP contribution in [0.25, 0.3) is 6.08 Å². The normalized spacial score (nSPS) is 9.93. The Hall–Kier alpha value is -1.50. The third-order valence-electron chi connectivity index (χ3n) is 2.22. The average Bonchev–Trinajstić information content (AvgIpc) is 2.26. The Morgan fingerprint density at radius 1 is 1.36 bits per heavy atom. The first-order chi connectivity index (χ1) is 6.74. The van der Waals surface area contributed by atoms with Gasteiger partial charge in [0.25, 0.3) is 0 Å². The van der Waals surface area contributed by atoms with Crippen LogP contribution in [0.15, 0.2) is 37.4 Å². The van der Waals surface area contributed by atoms with Gasteiger partial charge in [-0.25, -0.2) is 0 Å². The number of ether oxygens (including phenoxy) is 1. The second kappa shape index (κ2) is 4.66. The topological polar surface area (TPSA) is 9.23 Å². The fourth-order valence-electron chi connectivity index (χ4n) is 1.39. The van der Waals surface area contributed by atoms with E-state index in [-0.39, 0.29) is 0 Å². The molecule has 73 valence electrons. The zero-order valence-electron chi connectivity index (χ0n) is 8.71. The predicted molar refractivity (Wildman–Crippen MR) is 61.3 cm³/mol. The molecule has 1 heteroatoms. The Morgan fingerprint density at radius 3 is 2.57 bits per heavy atom. The second-order valence-corrected chi connectivity index (χ2v) is 3.01. The van der Waals surface area contributed by atoms with E-state index in [0.29, 0.717) is 0 Å². The van der Waals surface area contributed by atoms with Crippen LogP contribution in [0.4, 0.5) is 0 Å². The standard InChI is InChI=1S/C13H15O/c1-5-10(3)12-8-7-9-13(14-4)11(12)6-2/h5-9H,1-2H2,3-4H3. The van der Waals surface area contributed by atoms with Crippen molar-refractivity contribution in [2.75, 3.05) is 7.11 Å². The van der Waals surface area contributed by atoms with Crippen molar-refractivity contribution in [2.45, 2.75) is 6.92 Å². The number of benzene rings is 1. The van der Waals surface area contributed by atoms with Crippen LogP contribution in [0.2, 0.25) is 0 Å². The summed E-state index contributed by atoms with van der Waals surface area (Å²) in [6, 6.07) is 5.93. The molecule has 0 bridgehead atoms. The van der Waals surface area contributed by atoms with Gasteiger partial charge in [0.2, 0.25) is 0 Å². The van der Waals surface area contributed by atoms with Gasteiger partial charge in [0, 0.05) is 11.5 Å².